The third-order valence-electron chi connectivity index (χ3n) is 3.73. The fourth-order valence-electron chi connectivity index (χ4n) is 2.40. The summed E-state index contributed by atoms with van der Waals surface area (Å²) in [6.45, 7) is 0. The minimum atomic E-state index is -0.703. The van der Waals surface area contributed by atoms with Gasteiger partial charge in [0.05, 0.1) is 30.6 Å². The molecule has 0 aliphatic carbocycles. The highest BCUT2D eigenvalue weighted by Crippen LogP contribution is 2.23. The van der Waals surface area contributed by atoms with E-state index >= 15 is 0 Å². The highest BCUT2D eigenvalue weighted by atomic mass is 16.5. The Hall–Kier alpha value is -1.92. The molecule has 0 saturated heterocycles. The van der Waals surface area contributed by atoms with E-state index in [9.17, 15) is 9.90 Å². The molecule has 0 aliphatic rings. The number of carbonyl (C=O) groups is 1. The Morgan fingerprint density at radius 2 is 2.29 bits per heavy atom. The van der Waals surface area contributed by atoms with Crippen molar-refractivity contribution in [3.05, 3.63) is 30.1 Å². The number of aryl methyl sites for hydroxylation is 1. The van der Waals surface area contributed by atoms with Crippen molar-refractivity contribution in [2.75, 3.05) is 14.2 Å². The monoisotopic (exact) mass is 291 g/mol. The van der Waals surface area contributed by atoms with Crippen molar-refractivity contribution in [1.82, 2.24) is 14.9 Å². The van der Waals surface area contributed by atoms with Crippen LogP contribution in [0.4, 0.5) is 0 Å². The van der Waals surface area contributed by atoms with Crippen molar-refractivity contribution in [1.29, 1.82) is 0 Å². The second kappa shape index (κ2) is 6.69. The average molecular weight is 291 g/mol. The molecule has 21 heavy (non-hydrogen) atoms. The molecule has 0 aliphatic heterocycles. The third kappa shape index (κ3) is 3.40. The summed E-state index contributed by atoms with van der Waals surface area (Å²) in [5.41, 5.74) is 2.64. The van der Waals surface area contributed by atoms with E-state index in [0.29, 0.717) is 6.42 Å². The van der Waals surface area contributed by atoms with Gasteiger partial charge >= 0.3 is 5.97 Å². The summed E-state index contributed by atoms with van der Waals surface area (Å²) >= 11 is 0. The maximum atomic E-state index is 11.2. The van der Waals surface area contributed by atoms with Crippen molar-refractivity contribution >= 4 is 17.0 Å². The number of imidazole rings is 1. The highest BCUT2D eigenvalue weighted by molar-refractivity contribution is 5.76. The Kier molecular flexibility index (Phi) is 4.93. The average Bonchev–Trinajstić information content (AvgIpc) is 2.88. The van der Waals surface area contributed by atoms with Crippen molar-refractivity contribution < 1.29 is 14.6 Å². The number of rotatable bonds is 6. The van der Waals surface area contributed by atoms with E-state index in [1.165, 1.54) is 7.11 Å². The van der Waals surface area contributed by atoms with Crippen LogP contribution in [0.5, 0.6) is 0 Å². The second-order valence-corrected chi connectivity index (χ2v) is 5.06. The van der Waals surface area contributed by atoms with E-state index in [1.807, 2.05) is 29.8 Å². The molecule has 0 bridgehead atoms. The molecular weight excluding hydrogens is 270 g/mol. The quantitative estimate of drug-likeness (QED) is 0.781. The van der Waals surface area contributed by atoms with Gasteiger partial charge in [-0.05, 0) is 31.2 Å². The first-order chi connectivity index (χ1) is 10.1. The molecule has 6 nitrogen and oxygen atoms in total. The molecule has 2 rings (SSSR count). The molecule has 0 saturated carbocycles. The predicted molar refractivity (Wildman–Crippen MR) is 79.8 cm³/mol. The van der Waals surface area contributed by atoms with Gasteiger partial charge in [-0.25, -0.2) is 4.98 Å². The SMILES string of the molecule is CNC(CCC(=O)OC)C(O)c1ccc2c(c1)ncn2C. The number of methoxy groups -OCH3 is 1. The number of aliphatic hydroxyl groups is 1. The fourth-order valence-corrected chi connectivity index (χ4v) is 2.40. The van der Waals surface area contributed by atoms with Gasteiger partial charge in [-0.3, -0.25) is 4.79 Å². The first-order valence-corrected chi connectivity index (χ1v) is 6.90. The topological polar surface area (TPSA) is 76.4 Å². The maximum absolute atomic E-state index is 11.2. The highest BCUT2D eigenvalue weighted by Gasteiger charge is 2.21. The zero-order valence-electron chi connectivity index (χ0n) is 12.5. The van der Waals surface area contributed by atoms with Crippen LogP contribution in [0.2, 0.25) is 0 Å². The number of aliphatic hydroxyl groups excluding tert-OH is 1. The van der Waals surface area contributed by atoms with Gasteiger partial charge in [0.1, 0.15) is 0 Å². The van der Waals surface area contributed by atoms with E-state index in [0.717, 1.165) is 16.6 Å². The van der Waals surface area contributed by atoms with Gasteiger partial charge in [0.25, 0.3) is 0 Å². The largest absolute Gasteiger partial charge is 0.469 e. The molecule has 0 spiro atoms. The molecule has 2 unspecified atom stereocenters. The zero-order chi connectivity index (χ0) is 15.4. The number of esters is 1. The lowest BCUT2D eigenvalue weighted by atomic mass is 9.98. The molecule has 0 radical (unpaired) electrons. The summed E-state index contributed by atoms with van der Waals surface area (Å²) in [5, 5.41) is 13.5. The molecular formula is C15H21N3O3. The van der Waals surface area contributed by atoms with E-state index in [-0.39, 0.29) is 18.4 Å². The Morgan fingerprint density at radius 1 is 1.52 bits per heavy atom. The number of ether oxygens (including phenoxy) is 1. The Bertz CT molecular complexity index is 624. The summed E-state index contributed by atoms with van der Waals surface area (Å²) in [7, 11) is 5.06. The predicted octanol–water partition coefficient (Wildman–Crippen LogP) is 1.15. The fraction of sp³-hybridized carbons (Fsp3) is 0.467. The Morgan fingerprint density at radius 3 is 2.95 bits per heavy atom. The number of nitrogens with one attached hydrogen (secondary N) is 1. The van der Waals surface area contributed by atoms with Crippen molar-refractivity contribution in [3.63, 3.8) is 0 Å². The Balaban J connectivity index is 2.14. The summed E-state index contributed by atoms with van der Waals surface area (Å²) in [6, 6.07) is 5.48. The van der Waals surface area contributed by atoms with Crippen LogP contribution in [0.3, 0.4) is 0 Å². The number of carbonyl (C=O) groups excluding carboxylic acids is 1. The lowest BCUT2D eigenvalue weighted by Gasteiger charge is -2.22. The minimum absolute atomic E-state index is 0.217. The number of hydrogen-bond donors (Lipinski definition) is 2. The molecule has 2 aromatic rings. The molecule has 2 N–H and O–H groups in total. The van der Waals surface area contributed by atoms with Crippen molar-refractivity contribution in [3.8, 4) is 0 Å². The van der Waals surface area contributed by atoms with E-state index in [1.54, 1.807) is 13.4 Å². The summed E-state index contributed by atoms with van der Waals surface area (Å²) < 4.78 is 6.56. The van der Waals surface area contributed by atoms with Crippen LogP contribution in [0, 0.1) is 0 Å². The lowest BCUT2D eigenvalue weighted by Crippen LogP contribution is -2.32. The van der Waals surface area contributed by atoms with Crippen LogP contribution in [0.15, 0.2) is 24.5 Å². The first kappa shape index (κ1) is 15.5. The number of benzene rings is 1. The summed E-state index contributed by atoms with van der Waals surface area (Å²) in [4.78, 5) is 15.5. The van der Waals surface area contributed by atoms with Gasteiger partial charge in [-0.15, -0.1) is 0 Å². The third-order valence-corrected chi connectivity index (χ3v) is 3.73. The normalized spacial score (nSPS) is 14.1. The molecule has 2 atom stereocenters. The lowest BCUT2D eigenvalue weighted by molar-refractivity contribution is -0.140. The smallest absolute Gasteiger partial charge is 0.305 e. The standard InChI is InChI=1S/C15H21N3O3/c1-16-11(5-7-14(19)21-3)15(20)10-4-6-13-12(8-10)17-9-18(13)2/h4,6,8-9,11,15-16,20H,5,7H2,1-3H3. The molecule has 6 heteroatoms. The number of fused-ring (bicyclic) bond motifs is 1. The second-order valence-electron chi connectivity index (χ2n) is 5.06. The van der Waals surface area contributed by atoms with Gasteiger partial charge in [0.15, 0.2) is 0 Å². The van der Waals surface area contributed by atoms with Gasteiger partial charge in [-0.1, -0.05) is 6.07 Å². The number of likely N-dealkylation sites (N-methyl/N-ethyl adjacent to an activating group) is 1. The van der Waals surface area contributed by atoms with Crippen LogP contribution >= 0.6 is 0 Å². The van der Waals surface area contributed by atoms with E-state index < -0.39 is 6.10 Å². The zero-order valence-corrected chi connectivity index (χ0v) is 12.5. The van der Waals surface area contributed by atoms with Gasteiger partial charge < -0.3 is 19.7 Å². The summed E-state index contributed by atoms with van der Waals surface area (Å²) in [5.74, 6) is -0.275. The van der Waals surface area contributed by atoms with Gasteiger partial charge in [0.2, 0.25) is 0 Å². The maximum Gasteiger partial charge on any atom is 0.305 e. The summed E-state index contributed by atoms with van der Waals surface area (Å²) in [6.07, 6.45) is 1.81. The molecule has 1 aromatic carbocycles. The number of hydrogen-bond acceptors (Lipinski definition) is 5. The van der Waals surface area contributed by atoms with Crippen LogP contribution < -0.4 is 5.32 Å². The van der Waals surface area contributed by atoms with Crippen LogP contribution in [-0.4, -0.2) is 40.8 Å². The van der Waals surface area contributed by atoms with Crippen LogP contribution in [0.1, 0.15) is 24.5 Å². The Labute approximate surface area is 123 Å². The van der Waals surface area contributed by atoms with E-state index in [4.69, 9.17) is 0 Å². The van der Waals surface area contributed by atoms with Gasteiger partial charge in [-0.2, -0.15) is 0 Å². The first-order valence-electron chi connectivity index (χ1n) is 6.90. The minimum Gasteiger partial charge on any atom is -0.469 e. The molecule has 114 valence electrons. The van der Waals surface area contributed by atoms with Crippen molar-refractivity contribution in [2.24, 2.45) is 7.05 Å². The molecule has 0 amide bonds. The van der Waals surface area contributed by atoms with Crippen LogP contribution in [-0.2, 0) is 16.6 Å². The van der Waals surface area contributed by atoms with E-state index in [2.05, 4.69) is 15.0 Å². The molecule has 1 heterocycles. The molecule has 1 aromatic heterocycles. The number of nitrogens with zero attached hydrogens (tertiary/aromatic N) is 2. The van der Waals surface area contributed by atoms with Crippen molar-refractivity contribution in [2.45, 2.75) is 25.0 Å². The molecule has 0 fully saturated rings. The van der Waals surface area contributed by atoms with Gasteiger partial charge in [0, 0.05) is 19.5 Å². The number of aromatic nitrogens is 2. The van der Waals surface area contributed by atoms with Crippen LogP contribution in [0.25, 0.3) is 11.0 Å².